The normalized spacial score (nSPS) is 22.5. The van der Waals surface area contributed by atoms with E-state index in [4.69, 9.17) is 4.74 Å². The van der Waals surface area contributed by atoms with E-state index in [1.807, 2.05) is 6.92 Å². The van der Waals surface area contributed by atoms with Gasteiger partial charge in [0.2, 0.25) is 5.76 Å². The monoisotopic (exact) mass is 263 g/mol. The van der Waals surface area contributed by atoms with Crippen molar-refractivity contribution in [3.63, 3.8) is 0 Å². The zero-order valence-electron chi connectivity index (χ0n) is 10.3. The smallest absolute Gasteiger partial charge is 0.451 e. The highest BCUT2D eigenvalue weighted by Crippen LogP contribution is 2.41. The molecule has 1 unspecified atom stereocenters. The van der Waals surface area contributed by atoms with Gasteiger partial charge in [-0.15, -0.1) is 0 Å². The van der Waals surface area contributed by atoms with Crippen molar-refractivity contribution in [2.24, 2.45) is 0 Å². The first-order valence-corrected chi connectivity index (χ1v) is 5.90. The number of cyclic esters (lactones) is 1. The lowest BCUT2D eigenvalue weighted by atomic mass is 9.99. The number of nitrogens with zero attached hydrogens (tertiary/aromatic N) is 1. The number of carbonyl (C=O) groups excluding carboxylic acids is 1. The molecule has 0 aromatic heterocycles. The van der Waals surface area contributed by atoms with Crippen LogP contribution in [0.1, 0.15) is 25.3 Å². The van der Waals surface area contributed by atoms with E-state index in [1.165, 1.54) is 12.1 Å². The Labute approximate surface area is 109 Å². The summed E-state index contributed by atoms with van der Waals surface area (Å²) in [6, 6.07) is 7.74. The van der Waals surface area contributed by atoms with Gasteiger partial charge < -0.3 is 9.84 Å². The summed E-state index contributed by atoms with van der Waals surface area (Å²) in [6.07, 6.45) is 0.824. The Hall–Kier alpha value is -2.37. The van der Waals surface area contributed by atoms with Gasteiger partial charge in [-0.3, -0.25) is 10.1 Å². The lowest BCUT2D eigenvalue weighted by molar-refractivity contribution is -0.621. The Kier molecular flexibility index (Phi) is 3.25. The van der Waals surface area contributed by atoms with Gasteiger partial charge in [0.25, 0.3) is 0 Å². The van der Waals surface area contributed by atoms with Gasteiger partial charge in [0, 0.05) is 0 Å². The standard InChI is InChI=1S/C13H13NO5/c1-2-6-10-11(15)13(14(17)18,19-12(10)16)9-7-4-3-5-8-9/h3-5,7-8,15H,2,6H2,1H3. The van der Waals surface area contributed by atoms with Gasteiger partial charge in [0.1, 0.15) is 0 Å². The van der Waals surface area contributed by atoms with Crippen LogP contribution in [0, 0.1) is 10.1 Å². The lowest BCUT2D eigenvalue weighted by Gasteiger charge is -2.18. The number of carbonyl (C=O) groups is 1. The molecule has 0 fully saturated rings. The van der Waals surface area contributed by atoms with Crippen molar-refractivity contribution in [3.05, 3.63) is 57.3 Å². The molecular formula is C13H13NO5. The van der Waals surface area contributed by atoms with Crippen LogP contribution in [0.15, 0.2) is 41.7 Å². The van der Waals surface area contributed by atoms with Gasteiger partial charge in [-0.2, -0.15) is 0 Å². The van der Waals surface area contributed by atoms with Crippen molar-refractivity contribution in [2.45, 2.75) is 25.5 Å². The number of aliphatic hydroxyl groups excluding tert-OH is 1. The maximum atomic E-state index is 11.7. The molecule has 1 aromatic carbocycles. The molecule has 6 nitrogen and oxygen atoms in total. The molecule has 6 heteroatoms. The second-order valence-electron chi connectivity index (χ2n) is 4.23. The van der Waals surface area contributed by atoms with Gasteiger partial charge in [0.05, 0.1) is 16.1 Å². The molecule has 1 aliphatic heterocycles. The zero-order valence-corrected chi connectivity index (χ0v) is 10.3. The van der Waals surface area contributed by atoms with Crippen LogP contribution >= 0.6 is 0 Å². The average molecular weight is 263 g/mol. The number of benzene rings is 1. The largest absolute Gasteiger partial charge is 0.502 e. The van der Waals surface area contributed by atoms with Crippen LogP contribution in [-0.4, -0.2) is 16.0 Å². The predicted octanol–water partition coefficient (Wildman–Crippen LogP) is 2.29. The van der Waals surface area contributed by atoms with Crippen LogP contribution in [0.25, 0.3) is 0 Å². The Morgan fingerprint density at radius 1 is 1.37 bits per heavy atom. The minimum atomic E-state index is -2.30. The summed E-state index contributed by atoms with van der Waals surface area (Å²) in [4.78, 5) is 22.3. The Bertz CT molecular complexity index is 551. The third-order valence-electron chi connectivity index (χ3n) is 3.02. The van der Waals surface area contributed by atoms with Gasteiger partial charge in [0.15, 0.2) is 0 Å². The van der Waals surface area contributed by atoms with Crippen LogP contribution in [0.3, 0.4) is 0 Å². The van der Waals surface area contributed by atoms with E-state index in [0.717, 1.165) is 0 Å². The molecule has 0 bridgehead atoms. The first-order chi connectivity index (χ1) is 9.04. The molecular weight excluding hydrogens is 250 g/mol. The van der Waals surface area contributed by atoms with Crippen molar-refractivity contribution in [1.29, 1.82) is 0 Å². The predicted molar refractivity (Wildman–Crippen MR) is 65.8 cm³/mol. The van der Waals surface area contributed by atoms with Crippen LogP contribution in [-0.2, 0) is 15.3 Å². The van der Waals surface area contributed by atoms with Crippen LogP contribution in [0.4, 0.5) is 0 Å². The molecule has 0 radical (unpaired) electrons. The van der Waals surface area contributed by atoms with E-state index < -0.39 is 22.4 Å². The second-order valence-corrected chi connectivity index (χ2v) is 4.23. The summed E-state index contributed by atoms with van der Waals surface area (Å²) in [7, 11) is 0. The summed E-state index contributed by atoms with van der Waals surface area (Å²) in [5, 5.41) is 21.5. The van der Waals surface area contributed by atoms with Crippen molar-refractivity contribution in [1.82, 2.24) is 0 Å². The number of hydrogen-bond donors (Lipinski definition) is 1. The van der Waals surface area contributed by atoms with Crippen molar-refractivity contribution in [3.8, 4) is 0 Å². The molecule has 1 aliphatic rings. The molecule has 100 valence electrons. The molecule has 19 heavy (non-hydrogen) atoms. The van der Waals surface area contributed by atoms with E-state index in [-0.39, 0.29) is 17.6 Å². The maximum Gasteiger partial charge on any atom is 0.451 e. The number of rotatable bonds is 4. The molecule has 0 aliphatic carbocycles. The lowest BCUT2D eigenvalue weighted by Crippen LogP contribution is -2.38. The van der Waals surface area contributed by atoms with Gasteiger partial charge in [-0.1, -0.05) is 31.5 Å². The van der Waals surface area contributed by atoms with Crippen molar-refractivity contribution < 1.29 is 19.6 Å². The fraction of sp³-hybridized carbons (Fsp3) is 0.308. The molecule has 0 saturated carbocycles. The molecule has 1 heterocycles. The Balaban J connectivity index is 2.61. The SMILES string of the molecule is CCCC1=C(O)C(c2ccccc2)([N+](=O)[O-])OC1=O. The first kappa shape index (κ1) is 13.1. The topological polar surface area (TPSA) is 89.7 Å². The minimum Gasteiger partial charge on any atom is -0.502 e. The number of nitro groups is 1. The highest BCUT2D eigenvalue weighted by Gasteiger charge is 2.60. The fourth-order valence-electron chi connectivity index (χ4n) is 2.10. The summed E-state index contributed by atoms with van der Waals surface area (Å²) in [5.41, 5.74) is -2.21. The highest BCUT2D eigenvalue weighted by atomic mass is 16.7. The average Bonchev–Trinajstić information content (AvgIpc) is 2.66. The number of hydrogen-bond acceptors (Lipinski definition) is 5. The molecule has 1 N–H and O–H groups in total. The van der Waals surface area contributed by atoms with E-state index in [9.17, 15) is 20.0 Å². The van der Waals surface area contributed by atoms with Gasteiger partial charge in [-0.05, 0) is 18.6 Å². The third-order valence-corrected chi connectivity index (χ3v) is 3.02. The summed E-state index contributed by atoms with van der Waals surface area (Å²) in [5.74, 6) is -1.45. The van der Waals surface area contributed by atoms with Crippen LogP contribution < -0.4 is 0 Å². The number of esters is 1. The number of ether oxygens (including phenoxy) is 1. The summed E-state index contributed by atoms with van der Waals surface area (Å²) in [6.45, 7) is 1.81. The quantitative estimate of drug-likeness (QED) is 0.511. The fourth-order valence-corrected chi connectivity index (χ4v) is 2.10. The Morgan fingerprint density at radius 2 is 2.00 bits per heavy atom. The minimum absolute atomic E-state index is 0.0250. The van der Waals surface area contributed by atoms with E-state index in [1.54, 1.807) is 18.2 Å². The molecule has 1 atom stereocenters. The van der Waals surface area contributed by atoms with Crippen molar-refractivity contribution >= 4 is 5.97 Å². The molecule has 0 saturated heterocycles. The molecule has 0 spiro atoms. The zero-order chi connectivity index (χ0) is 14.0. The van der Waals surface area contributed by atoms with Crippen LogP contribution in [0.2, 0.25) is 0 Å². The van der Waals surface area contributed by atoms with Gasteiger partial charge >= 0.3 is 11.7 Å². The first-order valence-electron chi connectivity index (χ1n) is 5.90. The van der Waals surface area contributed by atoms with Gasteiger partial charge in [-0.25, -0.2) is 4.79 Å². The summed E-state index contributed by atoms with van der Waals surface area (Å²) < 4.78 is 4.91. The summed E-state index contributed by atoms with van der Waals surface area (Å²) >= 11 is 0. The van der Waals surface area contributed by atoms with E-state index in [0.29, 0.717) is 6.42 Å². The van der Waals surface area contributed by atoms with Crippen molar-refractivity contribution in [2.75, 3.05) is 0 Å². The van der Waals surface area contributed by atoms with E-state index >= 15 is 0 Å². The Morgan fingerprint density at radius 3 is 2.53 bits per heavy atom. The molecule has 2 rings (SSSR count). The maximum absolute atomic E-state index is 11.7. The second kappa shape index (κ2) is 4.72. The molecule has 0 amide bonds. The number of aliphatic hydroxyl groups is 1. The molecule has 1 aromatic rings. The highest BCUT2D eigenvalue weighted by molar-refractivity contribution is 5.92. The van der Waals surface area contributed by atoms with E-state index in [2.05, 4.69) is 0 Å². The third kappa shape index (κ3) is 1.85. The van der Waals surface area contributed by atoms with Crippen LogP contribution in [0.5, 0.6) is 0 Å².